The van der Waals surface area contributed by atoms with Crippen LogP contribution >= 0.6 is 36.4 Å². The largest absolute Gasteiger partial charge is 0.367 e. The van der Waals surface area contributed by atoms with Crippen molar-refractivity contribution in [2.24, 2.45) is 0 Å². The van der Waals surface area contributed by atoms with E-state index in [4.69, 9.17) is 11.6 Å². The van der Waals surface area contributed by atoms with E-state index < -0.39 is 0 Å². The van der Waals surface area contributed by atoms with Crippen molar-refractivity contribution in [2.75, 3.05) is 5.32 Å². The van der Waals surface area contributed by atoms with Crippen LogP contribution in [0.4, 0.5) is 5.69 Å². The van der Waals surface area contributed by atoms with E-state index in [2.05, 4.69) is 10.3 Å². The van der Waals surface area contributed by atoms with E-state index in [1.165, 1.54) is 4.57 Å². The van der Waals surface area contributed by atoms with Crippen molar-refractivity contribution < 1.29 is 0 Å². The maximum Gasteiger partial charge on any atom is 0.262 e. The maximum absolute atomic E-state index is 12.3. The van der Waals surface area contributed by atoms with E-state index >= 15 is 0 Å². The summed E-state index contributed by atoms with van der Waals surface area (Å²) in [6.45, 7) is 0.359. The summed E-state index contributed by atoms with van der Waals surface area (Å²) in [7, 11) is 0. The van der Waals surface area contributed by atoms with Crippen molar-refractivity contribution in [3.63, 3.8) is 0 Å². The first-order chi connectivity index (χ1) is 9.74. The predicted octanol–water partition coefficient (Wildman–Crippen LogP) is 3.96. The number of rotatable bonds is 3. The Balaban J connectivity index is 0.00000121. The molecule has 0 saturated heterocycles. The molecule has 1 N–H and O–H groups in total. The molecular formula is C15H14Cl3N3O. The minimum atomic E-state index is -0.0583. The molecule has 116 valence electrons. The molecule has 0 aliphatic carbocycles. The van der Waals surface area contributed by atoms with Gasteiger partial charge in [0.2, 0.25) is 0 Å². The number of aromatic nitrogens is 2. The first-order valence-corrected chi connectivity index (χ1v) is 6.55. The van der Waals surface area contributed by atoms with Gasteiger partial charge in [-0.25, -0.2) is 4.98 Å². The Morgan fingerprint density at radius 2 is 1.73 bits per heavy atom. The van der Waals surface area contributed by atoms with Crippen LogP contribution in [0.3, 0.4) is 0 Å². The van der Waals surface area contributed by atoms with Crippen LogP contribution < -0.4 is 10.9 Å². The Hall–Kier alpha value is -1.75. The number of halogens is 3. The molecule has 0 aliphatic heterocycles. The molecule has 0 amide bonds. The van der Waals surface area contributed by atoms with Gasteiger partial charge in [-0.3, -0.25) is 9.36 Å². The summed E-state index contributed by atoms with van der Waals surface area (Å²) in [5.41, 5.74) is 1.55. The molecule has 0 unspecified atom stereocenters. The third-order valence-electron chi connectivity index (χ3n) is 3.03. The van der Waals surface area contributed by atoms with Crippen LogP contribution in [0.2, 0.25) is 5.02 Å². The molecule has 7 heteroatoms. The summed E-state index contributed by atoms with van der Waals surface area (Å²) in [5, 5.41) is 4.46. The van der Waals surface area contributed by atoms with E-state index in [1.54, 1.807) is 24.5 Å². The summed E-state index contributed by atoms with van der Waals surface area (Å²) in [5.74, 6) is 0. The Morgan fingerprint density at radius 1 is 1.05 bits per heavy atom. The second kappa shape index (κ2) is 8.03. The van der Waals surface area contributed by atoms with Crippen molar-refractivity contribution in [2.45, 2.75) is 6.67 Å². The van der Waals surface area contributed by atoms with Crippen LogP contribution in [0.25, 0.3) is 10.9 Å². The molecule has 3 aromatic rings. The molecule has 0 saturated carbocycles. The Kier molecular flexibility index (Phi) is 6.68. The highest BCUT2D eigenvalue weighted by Gasteiger charge is 2.02. The monoisotopic (exact) mass is 357 g/mol. The molecule has 1 heterocycles. The first-order valence-electron chi connectivity index (χ1n) is 6.18. The standard InChI is InChI=1S/C15H12ClN3O.2ClH/c16-11-5-7-12(8-6-11)17-9-19-10-18-14-4-2-1-3-13(14)15(19)20;;/h1-8,10,17H,9H2;2*1H. The van der Waals surface area contributed by atoms with Gasteiger partial charge in [-0.15, -0.1) is 24.8 Å². The average molecular weight is 359 g/mol. The normalized spacial score (nSPS) is 9.68. The van der Waals surface area contributed by atoms with Gasteiger partial charge in [0.05, 0.1) is 23.9 Å². The number of anilines is 1. The van der Waals surface area contributed by atoms with E-state index in [0.29, 0.717) is 22.6 Å². The number of benzene rings is 2. The molecule has 1 aromatic heterocycles. The van der Waals surface area contributed by atoms with Gasteiger partial charge in [-0.05, 0) is 36.4 Å². The van der Waals surface area contributed by atoms with Crippen molar-refractivity contribution in [3.8, 4) is 0 Å². The lowest BCUT2D eigenvalue weighted by atomic mass is 10.2. The highest BCUT2D eigenvalue weighted by Crippen LogP contribution is 2.13. The maximum atomic E-state index is 12.3. The Labute approximate surface area is 145 Å². The molecule has 0 atom stereocenters. The van der Waals surface area contributed by atoms with E-state index in [1.807, 2.05) is 30.3 Å². The number of nitrogens with zero attached hydrogens (tertiary/aromatic N) is 2. The molecule has 2 aromatic carbocycles. The van der Waals surface area contributed by atoms with E-state index in [-0.39, 0.29) is 30.4 Å². The lowest BCUT2D eigenvalue weighted by Gasteiger charge is -2.09. The zero-order chi connectivity index (χ0) is 13.9. The molecule has 0 spiro atoms. The van der Waals surface area contributed by atoms with Gasteiger partial charge in [0.25, 0.3) is 5.56 Å². The minimum absolute atomic E-state index is 0. The fourth-order valence-electron chi connectivity index (χ4n) is 1.96. The average Bonchev–Trinajstić information content (AvgIpc) is 2.49. The van der Waals surface area contributed by atoms with Gasteiger partial charge in [-0.2, -0.15) is 0 Å². The third-order valence-corrected chi connectivity index (χ3v) is 3.28. The smallest absolute Gasteiger partial charge is 0.262 e. The SMILES string of the molecule is Cl.Cl.O=c1c2ccccc2ncn1CNc1ccc(Cl)cc1. The van der Waals surface area contributed by atoms with Crippen LogP contribution in [0.15, 0.2) is 59.7 Å². The van der Waals surface area contributed by atoms with Crippen molar-refractivity contribution in [3.05, 3.63) is 70.2 Å². The molecule has 4 nitrogen and oxygen atoms in total. The van der Waals surface area contributed by atoms with Gasteiger partial charge in [0, 0.05) is 10.7 Å². The van der Waals surface area contributed by atoms with Gasteiger partial charge in [0.15, 0.2) is 0 Å². The highest BCUT2D eigenvalue weighted by molar-refractivity contribution is 6.30. The van der Waals surface area contributed by atoms with Gasteiger partial charge >= 0.3 is 0 Å². The summed E-state index contributed by atoms with van der Waals surface area (Å²) in [4.78, 5) is 16.5. The number of hydrogen-bond donors (Lipinski definition) is 1. The fraction of sp³-hybridized carbons (Fsp3) is 0.0667. The van der Waals surface area contributed by atoms with Crippen LogP contribution in [0.5, 0.6) is 0 Å². The van der Waals surface area contributed by atoms with Gasteiger partial charge in [0.1, 0.15) is 0 Å². The zero-order valence-electron chi connectivity index (χ0n) is 11.4. The quantitative estimate of drug-likeness (QED) is 0.771. The molecular weight excluding hydrogens is 345 g/mol. The Morgan fingerprint density at radius 3 is 2.45 bits per heavy atom. The summed E-state index contributed by atoms with van der Waals surface area (Å²) < 4.78 is 1.54. The predicted molar refractivity (Wildman–Crippen MR) is 95.6 cm³/mol. The van der Waals surface area contributed by atoms with Gasteiger partial charge < -0.3 is 5.32 Å². The van der Waals surface area contributed by atoms with Crippen LogP contribution in [0.1, 0.15) is 0 Å². The first kappa shape index (κ1) is 18.3. The fourth-order valence-corrected chi connectivity index (χ4v) is 2.09. The van der Waals surface area contributed by atoms with Crippen molar-refractivity contribution >= 4 is 53.0 Å². The van der Waals surface area contributed by atoms with Crippen molar-refractivity contribution in [1.29, 1.82) is 0 Å². The molecule has 0 aliphatic rings. The molecule has 22 heavy (non-hydrogen) atoms. The molecule has 3 rings (SSSR count). The van der Waals surface area contributed by atoms with Gasteiger partial charge in [-0.1, -0.05) is 23.7 Å². The second-order valence-electron chi connectivity index (χ2n) is 4.38. The van der Waals surface area contributed by atoms with Crippen LogP contribution in [0, 0.1) is 0 Å². The van der Waals surface area contributed by atoms with Crippen LogP contribution in [-0.2, 0) is 6.67 Å². The lowest BCUT2D eigenvalue weighted by molar-refractivity contribution is 0.729. The van der Waals surface area contributed by atoms with E-state index in [9.17, 15) is 4.79 Å². The third kappa shape index (κ3) is 3.91. The minimum Gasteiger partial charge on any atom is -0.367 e. The summed E-state index contributed by atoms with van der Waals surface area (Å²) >= 11 is 5.83. The van der Waals surface area contributed by atoms with Crippen LogP contribution in [-0.4, -0.2) is 9.55 Å². The number of fused-ring (bicyclic) bond motifs is 1. The second-order valence-corrected chi connectivity index (χ2v) is 4.81. The number of nitrogens with one attached hydrogen (secondary N) is 1. The lowest BCUT2D eigenvalue weighted by Crippen LogP contribution is -2.24. The zero-order valence-corrected chi connectivity index (χ0v) is 13.8. The van der Waals surface area contributed by atoms with Crippen molar-refractivity contribution in [1.82, 2.24) is 9.55 Å². The summed E-state index contributed by atoms with van der Waals surface area (Å²) in [6.07, 6.45) is 1.55. The molecule has 0 fully saturated rings. The number of para-hydroxylation sites is 1. The highest BCUT2D eigenvalue weighted by atomic mass is 35.5. The molecule has 0 bridgehead atoms. The van der Waals surface area contributed by atoms with E-state index in [0.717, 1.165) is 5.69 Å². The topological polar surface area (TPSA) is 46.9 Å². The number of hydrogen-bond acceptors (Lipinski definition) is 3. The Bertz CT molecular complexity index is 803. The summed E-state index contributed by atoms with van der Waals surface area (Å²) in [6, 6.07) is 14.6. The molecule has 0 radical (unpaired) electrons.